The summed E-state index contributed by atoms with van der Waals surface area (Å²) in [7, 11) is 0. The van der Waals surface area contributed by atoms with Crippen LogP contribution < -0.4 is 5.32 Å². The Morgan fingerprint density at radius 3 is 2.40 bits per heavy atom. The van der Waals surface area contributed by atoms with Crippen LogP contribution in [0.2, 0.25) is 15.1 Å². The van der Waals surface area contributed by atoms with Crippen LogP contribution in [0.4, 0.5) is 11.5 Å². The summed E-state index contributed by atoms with van der Waals surface area (Å²) in [5, 5.41) is 16.6. The van der Waals surface area contributed by atoms with Crippen LogP contribution in [0.15, 0.2) is 30.3 Å². The van der Waals surface area contributed by atoms with Crippen molar-refractivity contribution in [3.63, 3.8) is 0 Å². The van der Waals surface area contributed by atoms with Crippen LogP contribution in [-0.4, -0.2) is 45.5 Å². The zero-order valence-electron chi connectivity index (χ0n) is 19.9. The standard InChI is InChI=1S/C25H28Cl3N5O2/c1-4-32(5-2)12-6-7-16(3)29-25-20-15-18(33(34)35)8-10-23(20)30-24(31-25)11-9-19-21(27)13-17(26)14-22(19)28/h8-11,13-16H,4-7,12H2,1-3H3,(H,29,30,31)/b11-9+/t16-/m1/s1. The molecule has 186 valence electrons. The van der Waals surface area contributed by atoms with E-state index in [4.69, 9.17) is 34.8 Å². The predicted molar refractivity (Wildman–Crippen MR) is 147 cm³/mol. The number of nitro groups is 1. The maximum atomic E-state index is 11.3. The molecule has 2 aromatic carbocycles. The summed E-state index contributed by atoms with van der Waals surface area (Å²) in [5.41, 5.74) is 1.18. The lowest BCUT2D eigenvalue weighted by Crippen LogP contribution is -2.25. The van der Waals surface area contributed by atoms with E-state index >= 15 is 0 Å². The van der Waals surface area contributed by atoms with E-state index in [1.54, 1.807) is 30.4 Å². The van der Waals surface area contributed by atoms with E-state index in [0.717, 1.165) is 32.5 Å². The van der Waals surface area contributed by atoms with Gasteiger partial charge in [-0.3, -0.25) is 10.1 Å². The quantitative estimate of drug-likeness (QED) is 0.201. The third-order valence-corrected chi connectivity index (χ3v) is 6.58. The number of nitro benzene ring substituents is 1. The van der Waals surface area contributed by atoms with Gasteiger partial charge in [-0.2, -0.15) is 0 Å². The fourth-order valence-corrected chi connectivity index (χ4v) is 4.71. The third kappa shape index (κ3) is 7.27. The molecule has 1 atom stereocenters. The highest BCUT2D eigenvalue weighted by molar-refractivity contribution is 6.40. The molecule has 7 nitrogen and oxygen atoms in total. The number of non-ortho nitro benzene ring substituents is 1. The Morgan fingerprint density at radius 2 is 1.77 bits per heavy atom. The number of fused-ring (bicyclic) bond motifs is 1. The van der Waals surface area contributed by atoms with Gasteiger partial charge in [0.1, 0.15) is 5.82 Å². The first-order valence-corrected chi connectivity index (χ1v) is 12.6. The molecule has 0 spiro atoms. The minimum Gasteiger partial charge on any atom is -0.367 e. The number of hydrogen-bond donors (Lipinski definition) is 1. The fraction of sp³-hybridized carbons (Fsp3) is 0.360. The predicted octanol–water partition coefficient (Wildman–Crippen LogP) is 7.59. The summed E-state index contributed by atoms with van der Waals surface area (Å²) in [5.74, 6) is 0.966. The first-order chi connectivity index (χ1) is 16.7. The van der Waals surface area contributed by atoms with Crippen molar-refractivity contribution in [2.75, 3.05) is 25.0 Å². The number of aromatic nitrogens is 2. The average Bonchev–Trinajstić information content (AvgIpc) is 2.81. The Bertz CT molecular complexity index is 1210. The summed E-state index contributed by atoms with van der Waals surface area (Å²) in [6, 6.07) is 7.91. The van der Waals surface area contributed by atoms with Crippen LogP contribution >= 0.6 is 34.8 Å². The minimum atomic E-state index is -0.422. The summed E-state index contributed by atoms with van der Waals surface area (Å²) < 4.78 is 0. The second-order valence-electron chi connectivity index (χ2n) is 8.22. The van der Waals surface area contributed by atoms with Gasteiger partial charge in [-0.15, -0.1) is 0 Å². The number of benzene rings is 2. The molecule has 0 amide bonds. The molecule has 0 fully saturated rings. The molecule has 3 rings (SSSR count). The molecule has 10 heteroatoms. The third-order valence-electron chi connectivity index (χ3n) is 5.74. The SMILES string of the molecule is CCN(CC)CCC[C@@H](C)Nc1nc(/C=C/c2c(Cl)cc(Cl)cc2Cl)nc2ccc([N+](=O)[O-])cc12. The molecule has 0 unspecified atom stereocenters. The van der Waals surface area contributed by atoms with E-state index in [1.807, 2.05) is 0 Å². The first kappa shape index (κ1) is 27.1. The molecule has 3 aromatic rings. The van der Waals surface area contributed by atoms with Crippen LogP contribution in [0.1, 0.15) is 45.0 Å². The fourth-order valence-electron chi connectivity index (χ4n) is 3.77. The van der Waals surface area contributed by atoms with Crippen molar-refractivity contribution < 1.29 is 4.92 Å². The van der Waals surface area contributed by atoms with E-state index in [0.29, 0.717) is 43.2 Å². The van der Waals surface area contributed by atoms with Crippen molar-refractivity contribution in [1.82, 2.24) is 14.9 Å². The lowest BCUT2D eigenvalue weighted by molar-refractivity contribution is -0.384. The van der Waals surface area contributed by atoms with Crippen molar-refractivity contribution in [2.24, 2.45) is 0 Å². The number of rotatable bonds is 11. The molecule has 0 aliphatic rings. The average molecular weight is 537 g/mol. The van der Waals surface area contributed by atoms with E-state index in [-0.39, 0.29) is 11.7 Å². The van der Waals surface area contributed by atoms with E-state index < -0.39 is 4.92 Å². The van der Waals surface area contributed by atoms with Gasteiger partial charge in [-0.1, -0.05) is 48.7 Å². The van der Waals surface area contributed by atoms with Crippen LogP contribution in [0.5, 0.6) is 0 Å². The van der Waals surface area contributed by atoms with Gasteiger partial charge in [0.25, 0.3) is 5.69 Å². The Hall–Kier alpha value is -2.45. The van der Waals surface area contributed by atoms with Gasteiger partial charge in [-0.25, -0.2) is 9.97 Å². The highest BCUT2D eigenvalue weighted by Crippen LogP contribution is 2.31. The summed E-state index contributed by atoms with van der Waals surface area (Å²) in [6.07, 6.45) is 5.39. The molecule has 0 bridgehead atoms. The van der Waals surface area contributed by atoms with Crippen molar-refractivity contribution in [1.29, 1.82) is 0 Å². The molecular formula is C25H28Cl3N5O2. The largest absolute Gasteiger partial charge is 0.367 e. The smallest absolute Gasteiger partial charge is 0.270 e. The highest BCUT2D eigenvalue weighted by atomic mass is 35.5. The van der Waals surface area contributed by atoms with Gasteiger partial charge in [0.2, 0.25) is 0 Å². The van der Waals surface area contributed by atoms with Crippen molar-refractivity contribution in [2.45, 2.75) is 39.7 Å². The molecule has 0 radical (unpaired) electrons. The number of anilines is 1. The second kappa shape index (κ2) is 12.5. The van der Waals surface area contributed by atoms with Crippen molar-refractivity contribution >= 4 is 69.4 Å². The van der Waals surface area contributed by atoms with Crippen LogP contribution in [0, 0.1) is 10.1 Å². The Kier molecular flexibility index (Phi) is 9.69. The van der Waals surface area contributed by atoms with Gasteiger partial charge in [0, 0.05) is 34.1 Å². The molecule has 1 aromatic heterocycles. The van der Waals surface area contributed by atoms with Crippen molar-refractivity contribution in [3.05, 3.63) is 66.9 Å². The minimum absolute atomic E-state index is 0.0126. The lowest BCUT2D eigenvalue weighted by Gasteiger charge is -2.20. The molecule has 0 saturated carbocycles. The topological polar surface area (TPSA) is 84.2 Å². The molecule has 0 saturated heterocycles. The van der Waals surface area contributed by atoms with Gasteiger partial charge >= 0.3 is 0 Å². The first-order valence-electron chi connectivity index (χ1n) is 11.5. The molecule has 35 heavy (non-hydrogen) atoms. The number of halogens is 3. The van der Waals surface area contributed by atoms with E-state index in [2.05, 4.69) is 41.0 Å². The Balaban J connectivity index is 1.92. The van der Waals surface area contributed by atoms with Gasteiger partial charge in [-0.05, 0) is 69.8 Å². The molecule has 1 N–H and O–H groups in total. The van der Waals surface area contributed by atoms with Gasteiger partial charge in [0.05, 0.1) is 20.5 Å². The summed E-state index contributed by atoms with van der Waals surface area (Å²) in [4.78, 5) is 22.5. The lowest BCUT2D eigenvalue weighted by atomic mass is 10.1. The van der Waals surface area contributed by atoms with E-state index in [9.17, 15) is 10.1 Å². The zero-order chi connectivity index (χ0) is 25.5. The molecule has 1 heterocycles. The second-order valence-corrected chi connectivity index (χ2v) is 9.47. The van der Waals surface area contributed by atoms with Crippen LogP contribution in [0.25, 0.3) is 23.1 Å². The van der Waals surface area contributed by atoms with Gasteiger partial charge in [0.15, 0.2) is 5.82 Å². The Morgan fingerprint density at radius 1 is 1.09 bits per heavy atom. The van der Waals surface area contributed by atoms with Crippen molar-refractivity contribution in [3.8, 4) is 0 Å². The molecule has 0 aliphatic heterocycles. The normalized spacial score (nSPS) is 12.5. The maximum absolute atomic E-state index is 11.3. The monoisotopic (exact) mass is 535 g/mol. The van der Waals surface area contributed by atoms with Crippen LogP contribution in [-0.2, 0) is 0 Å². The number of nitrogens with zero attached hydrogens (tertiary/aromatic N) is 4. The van der Waals surface area contributed by atoms with Gasteiger partial charge < -0.3 is 10.2 Å². The van der Waals surface area contributed by atoms with E-state index in [1.165, 1.54) is 12.1 Å². The highest BCUT2D eigenvalue weighted by Gasteiger charge is 2.15. The molecular weight excluding hydrogens is 509 g/mol. The van der Waals surface area contributed by atoms with Crippen LogP contribution in [0.3, 0.4) is 0 Å². The number of nitrogens with one attached hydrogen (secondary N) is 1. The summed E-state index contributed by atoms with van der Waals surface area (Å²) in [6.45, 7) is 9.46. The molecule has 0 aliphatic carbocycles. The number of hydrogen-bond acceptors (Lipinski definition) is 6. The zero-order valence-corrected chi connectivity index (χ0v) is 22.2. The maximum Gasteiger partial charge on any atom is 0.270 e. The summed E-state index contributed by atoms with van der Waals surface area (Å²) >= 11 is 18.6. The Labute approximate surface area is 220 Å².